The maximum atomic E-state index is 13.8. The Morgan fingerprint density at radius 3 is 2.77 bits per heavy atom. The lowest BCUT2D eigenvalue weighted by molar-refractivity contribution is -0.110. The van der Waals surface area contributed by atoms with Gasteiger partial charge in [-0.1, -0.05) is 12.1 Å². The molecular formula is C20H15F2N3O. The Morgan fingerprint density at radius 2 is 1.96 bits per heavy atom. The molecule has 0 unspecified atom stereocenters. The summed E-state index contributed by atoms with van der Waals surface area (Å²) in [6.45, 7) is 0.138. The van der Waals surface area contributed by atoms with E-state index in [1.165, 1.54) is 12.1 Å². The highest BCUT2D eigenvalue weighted by molar-refractivity contribution is 6.35. The molecule has 2 aromatic carbocycles. The lowest BCUT2D eigenvalue weighted by Gasteiger charge is -2.09. The van der Waals surface area contributed by atoms with Gasteiger partial charge in [-0.2, -0.15) is 0 Å². The van der Waals surface area contributed by atoms with Crippen LogP contribution >= 0.6 is 0 Å². The summed E-state index contributed by atoms with van der Waals surface area (Å²) in [7, 11) is 0. The third-order valence-electron chi connectivity index (χ3n) is 4.24. The van der Waals surface area contributed by atoms with E-state index in [4.69, 9.17) is 0 Å². The van der Waals surface area contributed by atoms with Gasteiger partial charge in [-0.3, -0.25) is 4.79 Å². The minimum Gasteiger partial charge on any atom is -0.381 e. The second-order valence-electron chi connectivity index (χ2n) is 5.96. The Hall–Kier alpha value is -3.41. The molecule has 1 aromatic heterocycles. The molecule has 0 atom stereocenters. The Bertz CT molecular complexity index is 1010. The predicted octanol–water partition coefficient (Wildman–Crippen LogP) is 4.40. The largest absolute Gasteiger partial charge is 0.381 e. The second-order valence-corrected chi connectivity index (χ2v) is 5.96. The molecule has 3 N–H and O–H groups in total. The fraction of sp³-hybridized carbons (Fsp3) is 0.0500. The number of H-pyrrole nitrogens is 1. The number of carbonyl (C=O) groups excluding carboxylic acids is 1. The molecule has 3 aromatic rings. The first-order valence-corrected chi connectivity index (χ1v) is 8.09. The minimum atomic E-state index is -0.871. The quantitative estimate of drug-likeness (QED) is 0.610. The number of nitrogens with one attached hydrogen (secondary N) is 3. The molecule has 0 aliphatic carbocycles. The maximum absolute atomic E-state index is 13.8. The van der Waals surface area contributed by atoms with Crippen molar-refractivity contribution in [1.29, 1.82) is 0 Å². The number of halogens is 2. The zero-order valence-corrected chi connectivity index (χ0v) is 13.6. The number of anilines is 2. The molecule has 130 valence electrons. The maximum Gasteiger partial charge on any atom is 0.256 e. The fourth-order valence-corrected chi connectivity index (χ4v) is 2.91. The third-order valence-corrected chi connectivity index (χ3v) is 4.24. The first-order valence-electron chi connectivity index (χ1n) is 8.09. The van der Waals surface area contributed by atoms with Gasteiger partial charge in [-0.25, -0.2) is 8.78 Å². The number of hydrogen-bond donors (Lipinski definition) is 3. The summed E-state index contributed by atoms with van der Waals surface area (Å²) in [5.74, 6) is -1.91. The molecule has 6 heteroatoms. The normalized spacial score (nSPS) is 14.4. The van der Waals surface area contributed by atoms with E-state index in [9.17, 15) is 13.6 Å². The third kappa shape index (κ3) is 2.97. The summed E-state index contributed by atoms with van der Waals surface area (Å²) in [5.41, 5.74) is 3.79. The molecule has 0 fully saturated rings. The molecule has 26 heavy (non-hydrogen) atoms. The first kappa shape index (κ1) is 16.1. The number of fused-ring (bicyclic) bond motifs is 1. The van der Waals surface area contributed by atoms with Crippen LogP contribution in [0.1, 0.15) is 16.8 Å². The van der Waals surface area contributed by atoms with Crippen LogP contribution < -0.4 is 10.6 Å². The molecule has 0 spiro atoms. The molecule has 0 radical (unpaired) electrons. The van der Waals surface area contributed by atoms with Crippen molar-refractivity contribution in [2.45, 2.75) is 6.54 Å². The van der Waals surface area contributed by atoms with Crippen molar-refractivity contribution >= 4 is 28.9 Å². The van der Waals surface area contributed by atoms with Crippen LogP contribution in [-0.2, 0) is 11.3 Å². The number of carbonyl (C=O) groups is 1. The van der Waals surface area contributed by atoms with Gasteiger partial charge < -0.3 is 15.6 Å². The Labute approximate surface area is 148 Å². The molecule has 4 rings (SSSR count). The van der Waals surface area contributed by atoms with E-state index in [0.717, 1.165) is 23.0 Å². The first-order chi connectivity index (χ1) is 12.6. The SMILES string of the molecule is O=C1Nc2ccc(NCc3cccc(F)c3F)cc2/C1=C/c1ccc[nH]1. The summed E-state index contributed by atoms with van der Waals surface area (Å²) >= 11 is 0. The number of rotatable bonds is 4. The highest BCUT2D eigenvalue weighted by Crippen LogP contribution is 2.35. The molecule has 4 nitrogen and oxygen atoms in total. The number of aromatic amines is 1. The molecular weight excluding hydrogens is 336 g/mol. The molecule has 0 saturated heterocycles. The van der Waals surface area contributed by atoms with E-state index in [-0.39, 0.29) is 18.0 Å². The number of benzene rings is 2. The van der Waals surface area contributed by atoms with Crippen LogP contribution in [0.2, 0.25) is 0 Å². The van der Waals surface area contributed by atoms with Gasteiger partial charge in [-0.15, -0.1) is 0 Å². The molecule has 0 saturated carbocycles. The zero-order chi connectivity index (χ0) is 18.1. The lowest BCUT2D eigenvalue weighted by atomic mass is 10.0. The van der Waals surface area contributed by atoms with E-state index in [0.29, 0.717) is 11.3 Å². The van der Waals surface area contributed by atoms with Gasteiger partial charge in [0.2, 0.25) is 0 Å². The van der Waals surface area contributed by atoms with Crippen molar-refractivity contribution in [1.82, 2.24) is 4.98 Å². The Morgan fingerprint density at radius 1 is 1.08 bits per heavy atom. The molecule has 0 bridgehead atoms. The lowest BCUT2D eigenvalue weighted by Crippen LogP contribution is -2.03. The van der Waals surface area contributed by atoms with E-state index >= 15 is 0 Å². The smallest absolute Gasteiger partial charge is 0.256 e. The zero-order valence-electron chi connectivity index (χ0n) is 13.6. The monoisotopic (exact) mass is 351 g/mol. The van der Waals surface area contributed by atoms with Crippen molar-refractivity contribution in [2.24, 2.45) is 0 Å². The minimum absolute atomic E-state index is 0.138. The second kappa shape index (κ2) is 6.48. The summed E-state index contributed by atoms with van der Waals surface area (Å²) in [5, 5.41) is 5.89. The molecule has 1 amide bonds. The van der Waals surface area contributed by atoms with Crippen LogP contribution in [0.4, 0.5) is 20.2 Å². The van der Waals surface area contributed by atoms with E-state index < -0.39 is 11.6 Å². The fourth-order valence-electron chi connectivity index (χ4n) is 2.91. The van der Waals surface area contributed by atoms with Crippen LogP contribution in [0.3, 0.4) is 0 Å². The van der Waals surface area contributed by atoms with E-state index in [1.807, 2.05) is 18.2 Å². The summed E-state index contributed by atoms with van der Waals surface area (Å²) in [6.07, 6.45) is 3.56. The topological polar surface area (TPSA) is 56.9 Å². The highest BCUT2D eigenvalue weighted by atomic mass is 19.2. The Kier molecular flexibility index (Phi) is 4.01. The standard InChI is InChI=1S/C20H15F2N3O/c21-17-5-1-3-12(19(17)22)11-24-14-6-7-18-15(9-14)16(20(26)25-18)10-13-4-2-8-23-13/h1-10,23-24H,11H2,(H,25,26)/b16-10-. The van der Waals surface area contributed by atoms with Crippen molar-refractivity contribution < 1.29 is 13.6 Å². The van der Waals surface area contributed by atoms with E-state index in [2.05, 4.69) is 15.6 Å². The van der Waals surface area contributed by atoms with Gasteiger partial charge in [0.25, 0.3) is 5.91 Å². The van der Waals surface area contributed by atoms with Gasteiger partial charge in [0.1, 0.15) is 0 Å². The van der Waals surface area contributed by atoms with Crippen molar-refractivity contribution in [3.63, 3.8) is 0 Å². The van der Waals surface area contributed by atoms with Crippen LogP contribution in [0, 0.1) is 11.6 Å². The van der Waals surface area contributed by atoms with Crippen molar-refractivity contribution in [3.8, 4) is 0 Å². The molecule has 1 aliphatic rings. The van der Waals surface area contributed by atoms with Gasteiger partial charge in [0.05, 0.1) is 5.57 Å². The summed E-state index contributed by atoms with van der Waals surface area (Å²) in [4.78, 5) is 15.3. The highest BCUT2D eigenvalue weighted by Gasteiger charge is 2.24. The van der Waals surface area contributed by atoms with Crippen molar-refractivity contribution in [3.05, 3.63) is 83.2 Å². The Balaban J connectivity index is 1.60. The number of aromatic nitrogens is 1. The van der Waals surface area contributed by atoms with Crippen LogP contribution in [0.15, 0.2) is 54.7 Å². The molecule has 1 aliphatic heterocycles. The van der Waals surface area contributed by atoms with E-state index in [1.54, 1.807) is 24.4 Å². The average molecular weight is 351 g/mol. The average Bonchev–Trinajstić information content (AvgIpc) is 3.25. The summed E-state index contributed by atoms with van der Waals surface area (Å²) in [6, 6.07) is 13.2. The van der Waals surface area contributed by atoms with Gasteiger partial charge in [0.15, 0.2) is 11.6 Å². The number of hydrogen-bond acceptors (Lipinski definition) is 2. The van der Waals surface area contributed by atoms with Crippen LogP contribution in [0.25, 0.3) is 11.6 Å². The predicted molar refractivity (Wildman–Crippen MR) is 97.4 cm³/mol. The van der Waals surface area contributed by atoms with Gasteiger partial charge in [-0.05, 0) is 42.5 Å². The summed E-state index contributed by atoms with van der Waals surface area (Å²) < 4.78 is 27.1. The van der Waals surface area contributed by atoms with Crippen molar-refractivity contribution in [2.75, 3.05) is 10.6 Å². The molecule has 2 heterocycles. The van der Waals surface area contributed by atoms with Crippen LogP contribution in [0.5, 0.6) is 0 Å². The van der Waals surface area contributed by atoms with Crippen LogP contribution in [-0.4, -0.2) is 10.9 Å². The van der Waals surface area contributed by atoms with Gasteiger partial charge in [0, 0.05) is 40.9 Å². The van der Waals surface area contributed by atoms with Gasteiger partial charge >= 0.3 is 0 Å². The number of amides is 1.